The molecule has 2 aromatic carbocycles. The number of nitriles is 1. The highest BCUT2D eigenvalue weighted by Gasteiger charge is 2.38. The van der Waals surface area contributed by atoms with E-state index in [4.69, 9.17) is 0 Å². The molecule has 0 radical (unpaired) electrons. The number of alkyl halides is 3. The Balaban J connectivity index is 2.15. The summed E-state index contributed by atoms with van der Waals surface area (Å²) >= 11 is 0. The van der Waals surface area contributed by atoms with Gasteiger partial charge in [-0.25, -0.2) is 0 Å². The second-order valence-corrected chi connectivity index (χ2v) is 7.74. The number of halogens is 3. The van der Waals surface area contributed by atoms with Crippen LogP contribution in [0.4, 0.5) is 13.2 Å². The largest absolute Gasteiger partial charge is 0.508 e. The molecule has 1 heterocycles. The van der Waals surface area contributed by atoms with Crippen molar-refractivity contribution in [2.24, 2.45) is 0 Å². The minimum atomic E-state index is -4.62. The summed E-state index contributed by atoms with van der Waals surface area (Å²) in [5, 5.41) is 19.5. The van der Waals surface area contributed by atoms with Gasteiger partial charge < -0.3 is 10.0 Å². The molecule has 0 bridgehead atoms. The van der Waals surface area contributed by atoms with Gasteiger partial charge in [0.1, 0.15) is 5.75 Å². The second kappa shape index (κ2) is 8.27. The number of aromatic hydroxyl groups is 1. The number of rotatable bonds is 4. The van der Waals surface area contributed by atoms with Crippen LogP contribution in [0.2, 0.25) is 0 Å². The summed E-state index contributed by atoms with van der Waals surface area (Å²) in [7, 11) is 0. The van der Waals surface area contributed by atoms with E-state index in [1.807, 2.05) is 45.0 Å². The van der Waals surface area contributed by atoms with Gasteiger partial charge in [-0.2, -0.15) is 18.4 Å². The van der Waals surface area contributed by atoms with Gasteiger partial charge in [0.2, 0.25) is 0 Å². The summed E-state index contributed by atoms with van der Waals surface area (Å²) in [6, 6.07) is 14.2. The van der Waals surface area contributed by atoms with Crippen LogP contribution >= 0.6 is 0 Å². The normalized spacial score (nSPS) is 14.7. The van der Waals surface area contributed by atoms with Crippen molar-refractivity contribution < 1.29 is 18.3 Å². The van der Waals surface area contributed by atoms with Crippen LogP contribution in [0.15, 0.2) is 59.7 Å². The molecule has 1 aliphatic rings. The minimum Gasteiger partial charge on any atom is -0.508 e. The van der Waals surface area contributed by atoms with Crippen molar-refractivity contribution in [3.8, 4) is 11.8 Å². The fourth-order valence-corrected chi connectivity index (χ4v) is 3.60. The van der Waals surface area contributed by atoms with Crippen LogP contribution in [0.5, 0.6) is 5.75 Å². The van der Waals surface area contributed by atoms with Crippen LogP contribution < -0.4 is 0 Å². The third-order valence-electron chi connectivity index (χ3n) is 5.30. The molecule has 30 heavy (non-hydrogen) atoms. The second-order valence-electron chi connectivity index (χ2n) is 7.74. The zero-order valence-corrected chi connectivity index (χ0v) is 17.1. The molecule has 0 spiro atoms. The van der Waals surface area contributed by atoms with Crippen LogP contribution in [0, 0.1) is 18.3 Å². The van der Waals surface area contributed by atoms with Crippen LogP contribution in [0.3, 0.4) is 0 Å². The van der Waals surface area contributed by atoms with Gasteiger partial charge >= 0.3 is 6.18 Å². The van der Waals surface area contributed by atoms with E-state index < -0.39 is 11.7 Å². The van der Waals surface area contributed by atoms with Crippen molar-refractivity contribution in [1.29, 1.82) is 5.26 Å². The van der Waals surface area contributed by atoms with Gasteiger partial charge in [0, 0.05) is 12.2 Å². The Morgan fingerprint density at radius 2 is 1.87 bits per heavy atom. The summed E-state index contributed by atoms with van der Waals surface area (Å²) in [4.78, 5) is 1.78. The fraction of sp³-hybridized carbons (Fsp3) is 0.292. The number of allylic oxidation sites excluding steroid dienone is 2. The van der Waals surface area contributed by atoms with E-state index in [9.17, 15) is 23.5 Å². The van der Waals surface area contributed by atoms with Crippen molar-refractivity contribution in [3.63, 3.8) is 0 Å². The highest BCUT2D eigenvalue weighted by Crippen LogP contribution is 2.39. The maximum absolute atomic E-state index is 13.6. The Labute approximate surface area is 174 Å². The first kappa shape index (κ1) is 21.5. The lowest BCUT2D eigenvalue weighted by atomic mass is 9.94. The minimum absolute atomic E-state index is 0.00579. The van der Waals surface area contributed by atoms with Gasteiger partial charge in [0.15, 0.2) is 0 Å². The first-order valence-corrected chi connectivity index (χ1v) is 9.66. The zero-order chi connectivity index (χ0) is 22.1. The average molecular weight is 412 g/mol. The molecule has 2 aromatic rings. The molecule has 0 aliphatic carbocycles. The first-order valence-electron chi connectivity index (χ1n) is 9.66. The topological polar surface area (TPSA) is 47.3 Å². The van der Waals surface area contributed by atoms with Crippen molar-refractivity contribution in [1.82, 2.24) is 4.90 Å². The van der Waals surface area contributed by atoms with Gasteiger partial charge in [-0.1, -0.05) is 38.1 Å². The smallest absolute Gasteiger partial charge is 0.417 e. The number of nitrogens with zero attached hydrogens (tertiary/aromatic N) is 2. The molecule has 0 saturated carbocycles. The van der Waals surface area contributed by atoms with E-state index in [-0.39, 0.29) is 23.8 Å². The number of benzene rings is 2. The Hall–Kier alpha value is -3.20. The number of phenols is 1. The first-order chi connectivity index (χ1) is 14.1. The van der Waals surface area contributed by atoms with Crippen molar-refractivity contribution in [2.45, 2.75) is 39.4 Å². The summed E-state index contributed by atoms with van der Waals surface area (Å²) < 4.78 is 40.9. The molecule has 0 aromatic heterocycles. The van der Waals surface area contributed by atoms with Crippen LogP contribution in [0.25, 0.3) is 5.70 Å². The van der Waals surface area contributed by atoms with E-state index >= 15 is 0 Å². The van der Waals surface area contributed by atoms with Crippen molar-refractivity contribution in [3.05, 3.63) is 81.9 Å². The van der Waals surface area contributed by atoms with Gasteiger partial charge in [-0.15, -0.1) is 0 Å². The third kappa shape index (κ3) is 4.35. The summed E-state index contributed by atoms with van der Waals surface area (Å²) in [5.74, 6) is 0.117. The molecule has 0 unspecified atom stereocenters. The van der Waals surface area contributed by atoms with E-state index in [1.165, 1.54) is 6.07 Å². The molecule has 0 saturated heterocycles. The van der Waals surface area contributed by atoms with Gasteiger partial charge in [-0.3, -0.25) is 0 Å². The van der Waals surface area contributed by atoms with E-state index in [0.717, 1.165) is 17.2 Å². The average Bonchev–Trinajstić information content (AvgIpc) is 2.69. The maximum atomic E-state index is 13.6. The zero-order valence-electron chi connectivity index (χ0n) is 17.1. The molecular formula is C24H23F3N2O. The van der Waals surface area contributed by atoms with E-state index in [2.05, 4.69) is 0 Å². The summed E-state index contributed by atoms with van der Waals surface area (Å²) in [6.07, 6.45) is -3.57. The maximum Gasteiger partial charge on any atom is 0.417 e. The number of phenolic OH excluding ortho intramolecular Hbond substituents is 1. The van der Waals surface area contributed by atoms with Gasteiger partial charge in [0.05, 0.1) is 23.8 Å². The van der Waals surface area contributed by atoms with E-state index in [1.54, 1.807) is 23.1 Å². The molecule has 0 fully saturated rings. The molecule has 6 heteroatoms. The van der Waals surface area contributed by atoms with Crippen LogP contribution in [0.1, 0.15) is 42.0 Å². The Bertz CT molecular complexity index is 1060. The third-order valence-corrected chi connectivity index (χ3v) is 5.30. The Kier molecular flexibility index (Phi) is 5.93. The number of aryl methyl sites for hydroxylation is 1. The highest BCUT2D eigenvalue weighted by atomic mass is 19.4. The molecule has 156 valence electrons. The molecule has 1 aliphatic heterocycles. The monoisotopic (exact) mass is 412 g/mol. The lowest BCUT2D eigenvalue weighted by Crippen LogP contribution is -2.30. The molecule has 0 atom stereocenters. The summed E-state index contributed by atoms with van der Waals surface area (Å²) in [6.45, 7) is 6.00. The van der Waals surface area contributed by atoms with Crippen LogP contribution in [-0.4, -0.2) is 22.7 Å². The molecule has 3 rings (SSSR count). The quantitative estimate of drug-likeness (QED) is 0.664. The van der Waals surface area contributed by atoms with Gasteiger partial charge in [0.25, 0.3) is 0 Å². The van der Waals surface area contributed by atoms with Crippen LogP contribution in [-0.2, 0) is 6.54 Å². The number of hydrogen-bond donors (Lipinski definition) is 1. The lowest BCUT2D eigenvalue weighted by molar-refractivity contribution is -0.0892. The predicted octanol–water partition coefficient (Wildman–Crippen LogP) is 6.06. The molecule has 3 nitrogen and oxygen atoms in total. The highest BCUT2D eigenvalue weighted by molar-refractivity contribution is 5.72. The van der Waals surface area contributed by atoms with Crippen molar-refractivity contribution >= 4 is 5.70 Å². The lowest BCUT2D eigenvalue weighted by Gasteiger charge is -2.33. The number of hydrogen-bond acceptors (Lipinski definition) is 3. The predicted molar refractivity (Wildman–Crippen MR) is 110 cm³/mol. The standard InChI is InChI=1S/C24H23F3N2O/c1-15(2)20-10-17(8-9-23(20)30)22-11-21(24(25,26)27)19(12-28)14-29(22)13-18-7-5-4-6-16(18)3/h4-11,15,30H,13-14H2,1-3H3. The Morgan fingerprint density at radius 1 is 1.17 bits per heavy atom. The van der Waals surface area contributed by atoms with Crippen molar-refractivity contribution in [2.75, 3.05) is 6.54 Å². The molecule has 0 amide bonds. The summed E-state index contributed by atoms with van der Waals surface area (Å²) in [5.41, 5.74) is 2.39. The fourth-order valence-electron chi connectivity index (χ4n) is 3.60. The Morgan fingerprint density at radius 3 is 2.47 bits per heavy atom. The molecular weight excluding hydrogens is 389 g/mol. The SMILES string of the molecule is Cc1ccccc1CN1CC(C#N)=C(C(F)(F)F)C=C1c1ccc(O)c(C(C)C)c1. The van der Waals surface area contributed by atoms with Gasteiger partial charge in [-0.05, 0) is 59.4 Å². The van der Waals surface area contributed by atoms with E-state index in [0.29, 0.717) is 23.4 Å². The molecule has 1 N–H and O–H groups in total.